The summed E-state index contributed by atoms with van der Waals surface area (Å²) in [5.74, 6) is 2.03. The van der Waals surface area contributed by atoms with E-state index in [-0.39, 0.29) is 24.0 Å². The Morgan fingerprint density at radius 3 is 2.41 bits per heavy atom. The zero-order valence-corrected chi connectivity index (χ0v) is 18.3. The molecular formula is C24H33NO4. The van der Waals surface area contributed by atoms with Crippen LogP contribution in [0.15, 0.2) is 36.5 Å². The molecule has 0 spiro atoms. The number of methoxy groups -OCH3 is 2. The zero-order valence-electron chi connectivity index (χ0n) is 18.3. The van der Waals surface area contributed by atoms with Crippen LogP contribution in [0.5, 0.6) is 11.6 Å². The molecular weight excluding hydrogens is 366 g/mol. The fraction of sp³-hybridized carbons (Fsp3) is 0.542. The largest absolute Gasteiger partial charge is 0.616 e. The molecule has 0 unspecified atom stereocenters. The molecule has 2 aromatic rings. The second kappa shape index (κ2) is 9.04. The number of hydrogen-bond donors (Lipinski definition) is 0. The van der Waals surface area contributed by atoms with Crippen LogP contribution in [-0.4, -0.2) is 20.3 Å². The first-order valence-electron chi connectivity index (χ1n) is 10.5. The van der Waals surface area contributed by atoms with Gasteiger partial charge in [0.15, 0.2) is 6.20 Å². The van der Waals surface area contributed by atoms with Crippen molar-refractivity contribution >= 4 is 0 Å². The van der Waals surface area contributed by atoms with Gasteiger partial charge in [-0.25, -0.2) is 0 Å². The van der Waals surface area contributed by atoms with Crippen molar-refractivity contribution in [3.8, 4) is 22.8 Å². The Kier molecular flexibility index (Phi) is 6.68. The van der Waals surface area contributed by atoms with Gasteiger partial charge in [0, 0.05) is 0 Å². The van der Waals surface area contributed by atoms with E-state index in [1.165, 1.54) is 13.3 Å². The van der Waals surface area contributed by atoms with Crippen LogP contribution in [0.1, 0.15) is 52.2 Å². The standard InChI is InChI=1S/C24H33NO4/c1-7-15(2)21-16(3)13-17(4)22(29-21)20-23(27-5)19(14-25(26)24(20)28-6)18-11-9-8-10-12-18/h8-12,14-17,21-22H,7,13H2,1-6H3/t15-,16+,17-,21-,22-/m1/s1. The number of benzene rings is 1. The third kappa shape index (κ3) is 4.06. The van der Waals surface area contributed by atoms with Crippen LogP contribution >= 0.6 is 0 Å². The summed E-state index contributed by atoms with van der Waals surface area (Å²) >= 11 is 0. The number of pyridine rings is 1. The molecule has 1 saturated heterocycles. The van der Waals surface area contributed by atoms with Gasteiger partial charge in [-0.15, -0.1) is 4.73 Å². The fourth-order valence-corrected chi connectivity index (χ4v) is 4.65. The minimum atomic E-state index is -0.265. The first-order valence-corrected chi connectivity index (χ1v) is 10.5. The van der Waals surface area contributed by atoms with E-state index in [1.807, 2.05) is 30.3 Å². The number of ether oxygens (including phenoxy) is 3. The summed E-state index contributed by atoms with van der Waals surface area (Å²) in [5, 5.41) is 12.9. The van der Waals surface area contributed by atoms with Crippen LogP contribution in [0.3, 0.4) is 0 Å². The van der Waals surface area contributed by atoms with Crippen molar-refractivity contribution in [2.45, 2.75) is 52.7 Å². The molecule has 2 heterocycles. The van der Waals surface area contributed by atoms with Crippen molar-refractivity contribution < 1.29 is 18.9 Å². The minimum absolute atomic E-state index is 0.135. The Morgan fingerprint density at radius 1 is 1.14 bits per heavy atom. The van der Waals surface area contributed by atoms with E-state index in [9.17, 15) is 5.21 Å². The predicted octanol–water partition coefficient (Wildman–Crippen LogP) is 5.15. The van der Waals surface area contributed by atoms with Crippen molar-refractivity contribution in [1.29, 1.82) is 0 Å². The van der Waals surface area contributed by atoms with Crippen molar-refractivity contribution in [2.75, 3.05) is 14.2 Å². The first-order chi connectivity index (χ1) is 13.9. The molecule has 29 heavy (non-hydrogen) atoms. The summed E-state index contributed by atoms with van der Waals surface area (Å²) in [5.41, 5.74) is 2.38. The minimum Gasteiger partial charge on any atom is -0.616 e. The molecule has 1 aliphatic heterocycles. The maximum atomic E-state index is 12.9. The Balaban J connectivity index is 2.17. The van der Waals surface area contributed by atoms with Gasteiger partial charge >= 0.3 is 5.88 Å². The highest BCUT2D eigenvalue weighted by atomic mass is 16.5. The average Bonchev–Trinajstić information content (AvgIpc) is 2.73. The van der Waals surface area contributed by atoms with E-state index >= 15 is 0 Å². The highest BCUT2D eigenvalue weighted by molar-refractivity contribution is 5.71. The molecule has 0 radical (unpaired) electrons. The van der Waals surface area contributed by atoms with Crippen molar-refractivity contribution in [1.82, 2.24) is 0 Å². The summed E-state index contributed by atoms with van der Waals surface area (Å²) in [7, 11) is 3.17. The highest BCUT2D eigenvalue weighted by Crippen LogP contribution is 2.48. The molecule has 0 N–H and O–H groups in total. The first kappa shape index (κ1) is 21.4. The molecule has 5 heteroatoms. The second-order valence-electron chi connectivity index (χ2n) is 8.29. The summed E-state index contributed by atoms with van der Waals surface area (Å²) in [4.78, 5) is 0. The van der Waals surface area contributed by atoms with Gasteiger partial charge in [0.2, 0.25) is 0 Å². The average molecular weight is 400 g/mol. The quantitative estimate of drug-likeness (QED) is 0.498. The molecule has 0 amide bonds. The van der Waals surface area contributed by atoms with Gasteiger partial charge in [-0.2, -0.15) is 0 Å². The van der Waals surface area contributed by atoms with E-state index in [0.717, 1.165) is 28.7 Å². The Bertz CT molecular complexity index is 823. The van der Waals surface area contributed by atoms with Crippen LogP contribution < -0.4 is 14.2 Å². The summed E-state index contributed by atoms with van der Waals surface area (Å²) in [6.07, 6.45) is 3.48. The number of hydrogen-bond acceptors (Lipinski definition) is 4. The summed E-state index contributed by atoms with van der Waals surface area (Å²) in [6.45, 7) is 8.86. The van der Waals surface area contributed by atoms with Crippen LogP contribution in [0.25, 0.3) is 11.1 Å². The molecule has 5 nitrogen and oxygen atoms in total. The van der Waals surface area contributed by atoms with Gasteiger partial charge in [-0.3, -0.25) is 0 Å². The molecule has 1 fully saturated rings. The van der Waals surface area contributed by atoms with Gasteiger partial charge in [0.25, 0.3) is 0 Å². The zero-order chi connectivity index (χ0) is 21.1. The Labute approximate surface area is 174 Å². The van der Waals surface area contributed by atoms with E-state index in [1.54, 1.807) is 7.11 Å². The van der Waals surface area contributed by atoms with Crippen LogP contribution in [0.4, 0.5) is 0 Å². The maximum Gasteiger partial charge on any atom is 0.389 e. The second-order valence-corrected chi connectivity index (χ2v) is 8.29. The van der Waals surface area contributed by atoms with Gasteiger partial charge in [0.1, 0.15) is 11.3 Å². The SMILES string of the molecule is CC[C@@H](C)[C@H]1O[C@@H](c2c(OC)c(-c3ccccc3)c[n+]([O-])c2OC)[C@H](C)C[C@@H]1C. The molecule has 0 bridgehead atoms. The number of nitrogens with zero attached hydrogens (tertiary/aromatic N) is 1. The van der Waals surface area contributed by atoms with Gasteiger partial charge in [-0.1, -0.05) is 64.4 Å². The van der Waals surface area contributed by atoms with Crippen LogP contribution in [0.2, 0.25) is 0 Å². The highest BCUT2D eigenvalue weighted by Gasteiger charge is 2.42. The lowest BCUT2D eigenvalue weighted by Crippen LogP contribution is -2.40. The monoisotopic (exact) mass is 399 g/mol. The fourth-order valence-electron chi connectivity index (χ4n) is 4.65. The molecule has 1 aromatic heterocycles. The van der Waals surface area contributed by atoms with Crippen molar-refractivity contribution in [3.05, 3.63) is 47.3 Å². The summed E-state index contributed by atoms with van der Waals surface area (Å²) in [6, 6.07) is 9.81. The molecule has 3 rings (SSSR count). The number of aromatic nitrogens is 1. The van der Waals surface area contributed by atoms with E-state index in [2.05, 4.69) is 27.7 Å². The third-order valence-electron chi connectivity index (χ3n) is 6.26. The van der Waals surface area contributed by atoms with Gasteiger partial charge in [-0.05, 0) is 29.7 Å². The molecule has 158 valence electrons. The lowest BCUT2D eigenvalue weighted by atomic mass is 9.79. The predicted molar refractivity (Wildman–Crippen MR) is 114 cm³/mol. The van der Waals surface area contributed by atoms with Gasteiger partial charge < -0.3 is 19.4 Å². The topological polar surface area (TPSA) is 54.6 Å². The molecule has 0 aliphatic carbocycles. The van der Waals surface area contributed by atoms with Crippen LogP contribution in [-0.2, 0) is 4.74 Å². The Morgan fingerprint density at radius 2 is 1.83 bits per heavy atom. The molecule has 5 atom stereocenters. The normalized spacial score (nSPS) is 25.4. The van der Waals surface area contributed by atoms with Crippen molar-refractivity contribution in [3.63, 3.8) is 0 Å². The van der Waals surface area contributed by atoms with Crippen molar-refractivity contribution in [2.24, 2.45) is 17.8 Å². The summed E-state index contributed by atoms with van der Waals surface area (Å²) < 4.78 is 18.9. The molecule has 1 aromatic carbocycles. The van der Waals surface area contributed by atoms with E-state index in [4.69, 9.17) is 14.2 Å². The smallest absolute Gasteiger partial charge is 0.389 e. The lowest BCUT2D eigenvalue weighted by Gasteiger charge is -2.42. The van der Waals surface area contributed by atoms with E-state index in [0.29, 0.717) is 23.1 Å². The van der Waals surface area contributed by atoms with Gasteiger partial charge in [0.05, 0.1) is 32.0 Å². The molecule has 0 saturated carbocycles. The Hall–Kier alpha value is -2.27. The number of rotatable bonds is 6. The molecule has 1 aliphatic rings. The lowest BCUT2D eigenvalue weighted by molar-refractivity contribution is -0.612. The van der Waals surface area contributed by atoms with Crippen LogP contribution in [0, 0.1) is 23.0 Å². The van der Waals surface area contributed by atoms with E-state index < -0.39 is 0 Å². The maximum absolute atomic E-state index is 12.9. The third-order valence-corrected chi connectivity index (χ3v) is 6.26.